The Morgan fingerprint density at radius 1 is 1.07 bits per heavy atom. The molecule has 1 saturated heterocycles. The molecule has 152 valence electrons. The van der Waals surface area contributed by atoms with Crippen LogP contribution in [0.1, 0.15) is 28.9 Å². The normalized spacial score (nSPS) is 15.1. The number of carbonyl (C=O) groups is 1. The molecule has 3 heterocycles. The Labute approximate surface area is 179 Å². The molecule has 1 fully saturated rings. The van der Waals surface area contributed by atoms with Crippen molar-refractivity contribution in [3.63, 3.8) is 0 Å². The van der Waals surface area contributed by atoms with Gasteiger partial charge in [-0.3, -0.25) is 4.79 Å². The highest BCUT2D eigenvalue weighted by atomic mass is 35.5. The van der Waals surface area contributed by atoms with E-state index in [0.717, 1.165) is 48.3 Å². The molecule has 0 spiro atoms. The zero-order valence-corrected chi connectivity index (χ0v) is 17.4. The van der Waals surface area contributed by atoms with E-state index in [2.05, 4.69) is 21.4 Å². The van der Waals surface area contributed by atoms with E-state index in [1.54, 1.807) is 0 Å². The predicted octanol–water partition coefficient (Wildman–Crippen LogP) is 4.24. The standard InChI is InChI=1S/C23H22ClN5O/c1-15-20(24)22-26-21(18-9-5-6-10-19(18)29(22)27-15)28-13-11-17(12-14-28)25-23(30)16-7-3-2-4-8-16/h2-10,17H,11-14H2,1H3,(H,25,30). The summed E-state index contributed by atoms with van der Waals surface area (Å²) in [6.45, 7) is 3.53. The van der Waals surface area contributed by atoms with E-state index in [4.69, 9.17) is 16.6 Å². The molecule has 0 saturated carbocycles. The summed E-state index contributed by atoms with van der Waals surface area (Å²) in [5.74, 6) is 0.910. The van der Waals surface area contributed by atoms with Crippen molar-refractivity contribution in [3.05, 3.63) is 70.9 Å². The van der Waals surface area contributed by atoms with Crippen molar-refractivity contribution in [1.29, 1.82) is 0 Å². The summed E-state index contributed by atoms with van der Waals surface area (Å²) in [6.07, 6.45) is 1.73. The third kappa shape index (κ3) is 3.27. The van der Waals surface area contributed by atoms with Crippen molar-refractivity contribution < 1.29 is 4.79 Å². The number of hydrogen-bond acceptors (Lipinski definition) is 4. The van der Waals surface area contributed by atoms with Crippen molar-refractivity contribution in [1.82, 2.24) is 19.9 Å². The monoisotopic (exact) mass is 419 g/mol. The summed E-state index contributed by atoms with van der Waals surface area (Å²) in [6, 6.07) is 17.7. The van der Waals surface area contributed by atoms with Crippen molar-refractivity contribution in [2.45, 2.75) is 25.8 Å². The maximum absolute atomic E-state index is 12.5. The molecule has 2 aromatic carbocycles. The number of piperidine rings is 1. The van der Waals surface area contributed by atoms with Crippen LogP contribution in [0.2, 0.25) is 5.02 Å². The van der Waals surface area contributed by atoms with Gasteiger partial charge < -0.3 is 10.2 Å². The number of rotatable bonds is 3. The lowest BCUT2D eigenvalue weighted by atomic mass is 10.0. The number of anilines is 1. The molecule has 0 aliphatic carbocycles. The quantitative estimate of drug-likeness (QED) is 0.539. The third-order valence-electron chi connectivity index (χ3n) is 5.72. The third-order valence-corrected chi connectivity index (χ3v) is 6.16. The van der Waals surface area contributed by atoms with Crippen molar-refractivity contribution in [2.75, 3.05) is 18.0 Å². The summed E-state index contributed by atoms with van der Waals surface area (Å²) in [5.41, 5.74) is 3.15. The highest BCUT2D eigenvalue weighted by Gasteiger charge is 2.24. The SMILES string of the molecule is Cc1nn2c(nc(N3CCC(NC(=O)c4ccccc4)CC3)c3ccccc32)c1Cl. The molecule has 5 rings (SSSR count). The fourth-order valence-corrected chi connectivity index (χ4v) is 4.26. The number of hydrogen-bond donors (Lipinski definition) is 1. The molecule has 1 aliphatic heterocycles. The van der Waals surface area contributed by atoms with E-state index in [1.165, 1.54) is 0 Å². The van der Waals surface area contributed by atoms with E-state index in [1.807, 2.05) is 60.0 Å². The molecule has 30 heavy (non-hydrogen) atoms. The van der Waals surface area contributed by atoms with Gasteiger partial charge in [0.15, 0.2) is 5.65 Å². The van der Waals surface area contributed by atoms with E-state index >= 15 is 0 Å². The first kappa shape index (κ1) is 18.9. The highest BCUT2D eigenvalue weighted by Crippen LogP contribution is 2.31. The molecule has 1 aliphatic rings. The Balaban J connectivity index is 1.39. The summed E-state index contributed by atoms with van der Waals surface area (Å²) in [4.78, 5) is 19.6. The van der Waals surface area contributed by atoms with Crippen LogP contribution in [0.4, 0.5) is 5.82 Å². The van der Waals surface area contributed by atoms with Gasteiger partial charge in [0.25, 0.3) is 5.91 Å². The van der Waals surface area contributed by atoms with Gasteiger partial charge >= 0.3 is 0 Å². The van der Waals surface area contributed by atoms with E-state index in [0.29, 0.717) is 16.2 Å². The van der Waals surface area contributed by atoms with Gasteiger partial charge in [0.05, 0.1) is 11.2 Å². The van der Waals surface area contributed by atoms with Gasteiger partial charge in [-0.05, 0) is 44.0 Å². The number of nitrogens with one attached hydrogen (secondary N) is 1. The zero-order valence-electron chi connectivity index (χ0n) is 16.7. The maximum Gasteiger partial charge on any atom is 0.251 e. The second-order valence-electron chi connectivity index (χ2n) is 7.69. The van der Waals surface area contributed by atoms with Gasteiger partial charge in [0.2, 0.25) is 0 Å². The molecule has 1 N–H and O–H groups in total. The smallest absolute Gasteiger partial charge is 0.251 e. The fourth-order valence-electron chi connectivity index (χ4n) is 4.10. The Bertz CT molecular complexity index is 1230. The molecule has 2 aromatic heterocycles. The number of halogens is 1. The van der Waals surface area contributed by atoms with Crippen molar-refractivity contribution in [3.8, 4) is 0 Å². The van der Waals surface area contributed by atoms with Gasteiger partial charge in [0.1, 0.15) is 10.8 Å². The summed E-state index contributed by atoms with van der Waals surface area (Å²) < 4.78 is 1.82. The lowest BCUT2D eigenvalue weighted by Gasteiger charge is -2.33. The Morgan fingerprint density at radius 3 is 2.53 bits per heavy atom. The Hall–Kier alpha value is -3.12. The minimum atomic E-state index is -0.0134. The first-order valence-electron chi connectivity index (χ1n) is 10.2. The first-order chi connectivity index (χ1) is 14.6. The molecule has 4 aromatic rings. The van der Waals surface area contributed by atoms with E-state index in [-0.39, 0.29) is 11.9 Å². The van der Waals surface area contributed by atoms with Crippen LogP contribution in [0, 0.1) is 6.92 Å². The van der Waals surface area contributed by atoms with Gasteiger partial charge in [-0.15, -0.1) is 0 Å². The molecule has 0 bridgehead atoms. The van der Waals surface area contributed by atoms with Crippen LogP contribution in [0.15, 0.2) is 54.6 Å². The summed E-state index contributed by atoms with van der Waals surface area (Å²) >= 11 is 6.48. The van der Waals surface area contributed by atoms with Gasteiger partial charge in [-0.25, -0.2) is 9.50 Å². The molecule has 0 radical (unpaired) electrons. The van der Waals surface area contributed by atoms with Crippen LogP contribution in [0.25, 0.3) is 16.6 Å². The maximum atomic E-state index is 12.5. The average Bonchev–Trinajstić information content (AvgIpc) is 3.08. The molecular weight excluding hydrogens is 398 g/mol. The molecule has 1 amide bonds. The summed E-state index contributed by atoms with van der Waals surface area (Å²) in [7, 11) is 0. The van der Waals surface area contributed by atoms with Crippen molar-refractivity contribution in [2.24, 2.45) is 0 Å². The second-order valence-corrected chi connectivity index (χ2v) is 8.07. The number of amides is 1. The number of aromatic nitrogens is 3. The number of nitrogens with zero attached hydrogens (tertiary/aromatic N) is 4. The van der Waals surface area contributed by atoms with Gasteiger partial charge in [-0.2, -0.15) is 5.10 Å². The highest BCUT2D eigenvalue weighted by molar-refractivity contribution is 6.34. The van der Waals surface area contributed by atoms with Crippen LogP contribution in [0.3, 0.4) is 0 Å². The molecule has 7 heteroatoms. The molecule has 0 unspecified atom stereocenters. The number of carbonyl (C=O) groups excluding carboxylic acids is 1. The van der Waals surface area contributed by atoms with Crippen LogP contribution in [0.5, 0.6) is 0 Å². The number of aryl methyl sites for hydroxylation is 1. The average molecular weight is 420 g/mol. The minimum absolute atomic E-state index is 0.0134. The number of benzene rings is 2. The van der Waals surface area contributed by atoms with E-state index < -0.39 is 0 Å². The van der Waals surface area contributed by atoms with E-state index in [9.17, 15) is 4.79 Å². The largest absolute Gasteiger partial charge is 0.356 e. The number of para-hydroxylation sites is 1. The van der Waals surface area contributed by atoms with Crippen LogP contribution < -0.4 is 10.2 Å². The zero-order chi connectivity index (χ0) is 20.7. The Kier molecular flexibility index (Phi) is 4.79. The van der Waals surface area contributed by atoms with Crippen molar-refractivity contribution >= 4 is 39.9 Å². The molecule has 0 atom stereocenters. The lowest BCUT2D eigenvalue weighted by molar-refractivity contribution is 0.0931. The first-order valence-corrected chi connectivity index (χ1v) is 10.5. The van der Waals surface area contributed by atoms with Crippen LogP contribution in [-0.2, 0) is 0 Å². The predicted molar refractivity (Wildman–Crippen MR) is 119 cm³/mol. The fraction of sp³-hybridized carbons (Fsp3) is 0.261. The van der Waals surface area contributed by atoms with Gasteiger partial charge in [0, 0.05) is 30.1 Å². The minimum Gasteiger partial charge on any atom is -0.356 e. The number of fused-ring (bicyclic) bond motifs is 3. The Morgan fingerprint density at radius 2 is 1.77 bits per heavy atom. The topological polar surface area (TPSA) is 62.5 Å². The van der Waals surface area contributed by atoms with Crippen LogP contribution in [-0.4, -0.2) is 39.6 Å². The molecular formula is C23H22ClN5O. The second kappa shape index (κ2) is 7.61. The van der Waals surface area contributed by atoms with Crippen LogP contribution >= 0.6 is 11.6 Å². The van der Waals surface area contributed by atoms with Gasteiger partial charge in [-0.1, -0.05) is 41.9 Å². The summed E-state index contributed by atoms with van der Waals surface area (Å²) in [5, 5.41) is 9.36. The lowest BCUT2D eigenvalue weighted by Crippen LogP contribution is -2.45. The molecule has 6 nitrogen and oxygen atoms in total.